The fourth-order valence-electron chi connectivity index (χ4n) is 5.13. The normalized spacial score (nSPS) is 21.5. The summed E-state index contributed by atoms with van der Waals surface area (Å²) in [6.07, 6.45) is 11.7. The molecule has 1 heterocycles. The number of nitrogens with zero attached hydrogens (tertiary/aromatic N) is 3. The maximum absolute atomic E-state index is 2.67. The van der Waals surface area contributed by atoms with Gasteiger partial charge in [-0.3, -0.25) is 9.80 Å². The number of anilines is 1. The summed E-state index contributed by atoms with van der Waals surface area (Å²) in [5.41, 5.74) is 8.53. The minimum atomic E-state index is 0.372. The third-order valence-corrected chi connectivity index (χ3v) is 6.93. The van der Waals surface area contributed by atoms with Crippen molar-refractivity contribution in [1.82, 2.24) is 9.80 Å². The number of hydrogen-bond donors (Lipinski definition) is 0. The average molecular weight is 412 g/mol. The maximum Gasteiger partial charge on any atom is 0.0541 e. The smallest absolute Gasteiger partial charge is 0.0541 e. The van der Waals surface area contributed by atoms with Gasteiger partial charge in [0, 0.05) is 52.5 Å². The van der Waals surface area contributed by atoms with E-state index in [0.717, 1.165) is 45.6 Å². The van der Waals surface area contributed by atoms with Gasteiger partial charge < -0.3 is 4.90 Å². The van der Waals surface area contributed by atoms with Crippen LogP contribution in [-0.2, 0) is 6.54 Å². The van der Waals surface area contributed by atoms with Crippen molar-refractivity contribution in [1.29, 1.82) is 0 Å². The maximum atomic E-state index is 2.67. The first-order valence-corrected chi connectivity index (χ1v) is 11.6. The zero-order chi connectivity index (χ0) is 21.2. The molecule has 0 amide bonds. The molecule has 1 fully saturated rings. The van der Waals surface area contributed by atoms with Crippen LogP contribution in [0.3, 0.4) is 0 Å². The summed E-state index contributed by atoms with van der Waals surface area (Å²) >= 11 is 0. The molecule has 2 aromatic rings. The van der Waals surface area contributed by atoms with Gasteiger partial charge in [0.15, 0.2) is 0 Å². The SMILES string of the molecule is CN(C)c1ccc(CN2CCN(C3C=CC4=C(CCC=C4)c4ccccc43)CC2)cc1. The Hall–Kier alpha value is -2.62. The van der Waals surface area contributed by atoms with Gasteiger partial charge in [-0.2, -0.15) is 0 Å². The lowest BCUT2D eigenvalue weighted by atomic mass is 9.89. The lowest BCUT2D eigenvalue weighted by molar-refractivity contribution is 0.107. The van der Waals surface area contributed by atoms with Crippen LogP contribution in [0.15, 0.2) is 78.4 Å². The zero-order valence-electron chi connectivity index (χ0n) is 18.8. The molecule has 0 N–H and O–H groups in total. The Labute approximate surface area is 187 Å². The first-order chi connectivity index (χ1) is 15.2. The van der Waals surface area contributed by atoms with Crippen LogP contribution in [0, 0.1) is 0 Å². The highest BCUT2D eigenvalue weighted by atomic mass is 15.3. The quantitative estimate of drug-likeness (QED) is 0.677. The molecule has 1 saturated heterocycles. The summed E-state index contributed by atoms with van der Waals surface area (Å²) in [7, 11) is 4.19. The van der Waals surface area contributed by atoms with E-state index in [2.05, 4.69) is 102 Å². The standard InChI is InChI=1S/C28H33N3/c1-29(2)24-14-11-22(12-15-24)21-30-17-19-31(20-18-30)28-16-13-23-7-3-4-8-25(23)26-9-5-6-10-27(26)28/h3,5-7,9-16,28H,4,8,17-21H2,1-2H3. The van der Waals surface area contributed by atoms with Crippen LogP contribution in [0.4, 0.5) is 5.69 Å². The number of fused-ring (bicyclic) bond motifs is 2. The van der Waals surface area contributed by atoms with Crippen molar-refractivity contribution in [2.45, 2.75) is 25.4 Å². The van der Waals surface area contributed by atoms with Crippen LogP contribution in [0.25, 0.3) is 5.57 Å². The minimum Gasteiger partial charge on any atom is -0.378 e. The predicted octanol–water partition coefficient (Wildman–Crippen LogP) is 5.28. The topological polar surface area (TPSA) is 9.72 Å². The van der Waals surface area contributed by atoms with Crippen LogP contribution in [0.2, 0.25) is 0 Å². The Balaban J connectivity index is 1.28. The Morgan fingerprint density at radius 3 is 2.45 bits per heavy atom. The third-order valence-electron chi connectivity index (χ3n) is 6.93. The van der Waals surface area contributed by atoms with E-state index in [1.165, 1.54) is 33.5 Å². The second-order valence-electron chi connectivity index (χ2n) is 9.14. The predicted molar refractivity (Wildman–Crippen MR) is 131 cm³/mol. The summed E-state index contributed by atoms with van der Waals surface area (Å²) in [6, 6.07) is 18.4. The van der Waals surface area contributed by atoms with E-state index in [0.29, 0.717) is 6.04 Å². The number of benzene rings is 2. The summed E-state index contributed by atoms with van der Waals surface area (Å²) in [6.45, 7) is 5.50. The fraction of sp³-hybridized carbons (Fsp3) is 0.357. The molecule has 5 rings (SSSR count). The van der Waals surface area contributed by atoms with Crippen LogP contribution in [0.1, 0.15) is 35.6 Å². The minimum absolute atomic E-state index is 0.372. The highest BCUT2D eigenvalue weighted by Crippen LogP contribution is 2.39. The van der Waals surface area contributed by atoms with Crippen LogP contribution in [0.5, 0.6) is 0 Å². The lowest BCUT2D eigenvalue weighted by Crippen LogP contribution is -2.46. The van der Waals surface area contributed by atoms with Gasteiger partial charge in [-0.1, -0.05) is 60.7 Å². The largest absolute Gasteiger partial charge is 0.378 e. The van der Waals surface area contributed by atoms with E-state index in [1.54, 1.807) is 0 Å². The molecule has 0 aromatic heterocycles. The Kier molecular flexibility index (Phi) is 5.80. The van der Waals surface area contributed by atoms with Crippen molar-refractivity contribution in [2.75, 3.05) is 45.2 Å². The van der Waals surface area contributed by atoms with Gasteiger partial charge in [0.25, 0.3) is 0 Å². The molecule has 0 spiro atoms. The molecule has 3 heteroatoms. The van der Waals surface area contributed by atoms with Crippen molar-refractivity contribution in [3.63, 3.8) is 0 Å². The summed E-state index contributed by atoms with van der Waals surface area (Å²) in [5.74, 6) is 0. The summed E-state index contributed by atoms with van der Waals surface area (Å²) in [5, 5.41) is 0. The molecule has 1 unspecified atom stereocenters. The monoisotopic (exact) mass is 411 g/mol. The third kappa shape index (κ3) is 4.26. The van der Waals surface area contributed by atoms with Crippen molar-refractivity contribution in [3.05, 3.63) is 95.1 Å². The van der Waals surface area contributed by atoms with E-state index >= 15 is 0 Å². The Morgan fingerprint density at radius 1 is 0.903 bits per heavy atom. The van der Waals surface area contributed by atoms with Crippen LogP contribution >= 0.6 is 0 Å². The molecule has 2 aliphatic carbocycles. The molecule has 160 valence electrons. The van der Waals surface area contributed by atoms with Crippen molar-refractivity contribution in [2.24, 2.45) is 0 Å². The number of rotatable bonds is 4. The second-order valence-corrected chi connectivity index (χ2v) is 9.14. The first kappa shape index (κ1) is 20.3. The molecule has 2 aromatic carbocycles. The van der Waals surface area contributed by atoms with E-state index in [-0.39, 0.29) is 0 Å². The average Bonchev–Trinajstić information content (AvgIpc) is 2.97. The van der Waals surface area contributed by atoms with Gasteiger partial charge in [-0.15, -0.1) is 0 Å². The molecule has 0 saturated carbocycles. The zero-order valence-corrected chi connectivity index (χ0v) is 18.8. The van der Waals surface area contributed by atoms with Gasteiger partial charge in [0.2, 0.25) is 0 Å². The second kappa shape index (κ2) is 8.86. The Bertz CT molecular complexity index is 1000. The van der Waals surface area contributed by atoms with Crippen molar-refractivity contribution < 1.29 is 0 Å². The van der Waals surface area contributed by atoms with Crippen LogP contribution < -0.4 is 4.90 Å². The Morgan fingerprint density at radius 2 is 1.68 bits per heavy atom. The molecule has 31 heavy (non-hydrogen) atoms. The first-order valence-electron chi connectivity index (χ1n) is 11.6. The summed E-state index contributed by atoms with van der Waals surface area (Å²) in [4.78, 5) is 7.42. The van der Waals surface area contributed by atoms with Crippen molar-refractivity contribution in [3.8, 4) is 0 Å². The van der Waals surface area contributed by atoms with E-state index < -0.39 is 0 Å². The molecule has 1 aliphatic heterocycles. The highest BCUT2D eigenvalue weighted by molar-refractivity contribution is 5.78. The molecule has 3 aliphatic rings. The summed E-state index contributed by atoms with van der Waals surface area (Å²) < 4.78 is 0. The molecule has 0 bridgehead atoms. The lowest BCUT2D eigenvalue weighted by Gasteiger charge is -2.39. The van der Waals surface area contributed by atoms with Gasteiger partial charge >= 0.3 is 0 Å². The highest BCUT2D eigenvalue weighted by Gasteiger charge is 2.27. The number of allylic oxidation sites excluding steroid dienone is 5. The molecule has 3 nitrogen and oxygen atoms in total. The number of piperazine rings is 1. The van der Waals surface area contributed by atoms with Gasteiger partial charge in [-0.05, 0) is 52.8 Å². The van der Waals surface area contributed by atoms with Gasteiger partial charge in [0.05, 0.1) is 6.04 Å². The molecular formula is C28H33N3. The molecule has 1 atom stereocenters. The van der Waals surface area contributed by atoms with E-state index in [1.807, 2.05) is 0 Å². The number of hydrogen-bond acceptors (Lipinski definition) is 3. The van der Waals surface area contributed by atoms with Gasteiger partial charge in [-0.25, -0.2) is 0 Å². The van der Waals surface area contributed by atoms with Crippen LogP contribution in [-0.4, -0.2) is 50.1 Å². The van der Waals surface area contributed by atoms with E-state index in [4.69, 9.17) is 0 Å². The van der Waals surface area contributed by atoms with Crippen molar-refractivity contribution >= 4 is 11.3 Å². The molecular weight excluding hydrogens is 378 g/mol. The molecule has 0 radical (unpaired) electrons. The van der Waals surface area contributed by atoms with Gasteiger partial charge in [0.1, 0.15) is 0 Å². The fourth-order valence-corrected chi connectivity index (χ4v) is 5.13. The van der Waals surface area contributed by atoms with E-state index in [9.17, 15) is 0 Å².